The van der Waals surface area contributed by atoms with Crippen molar-refractivity contribution in [3.63, 3.8) is 0 Å². The van der Waals surface area contributed by atoms with Gasteiger partial charge >= 0.3 is 5.97 Å². The third-order valence-electron chi connectivity index (χ3n) is 4.22. The molecule has 2 heterocycles. The summed E-state index contributed by atoms with van der Waals surface area (Å²) in [6, 6.07) is 8.61. The van der Waals surface area contributed by atoms with E-state index in [-0.39, 0.29) is 15.8 Å². The third-order valence-corrected chi connectivity index (χ3v) is 4.82. The van der Waals surface area contributed by atoms with Crippen LogP contribution in [-0.2, 0) is 14.4 Å². The molecule has 0 radical (unpaired) electrons. The van der Waals surface area contributed by atoms with Gasteiger partial charge in [-0.25, -0.2) is 4.79 Å². The molecule has 0 saturated carbocycles. The van der Waals surface area contributed by atoms with Crippen LogP contribution >= 0.6 is 23.2 Å². The zero-order valence-corrected chi connectivity index (χ0v) is 16.7. The number of rotatable bonds is 6. The Morgan fingerprint density at radius 3 is 2.21 bits per heavy atom. The van der Waals surface area contributed by atoms with Gasteiger partial charge in [-0.15, -0.1) is 5.06 Å². The predicted molar refractivity (Wildman–Crippen MR) is 106 cm³/mol. The molecule has 1 fully saturated rings. The van der Waals surface area contributed by atoms with Crippen molar-refractivity contribution < 1.29 is 19.2 Å². The lowest BCUT2D eigenvalue weighted by atomic mass is 10.2. The van der Waals surface area contributed by atoms with Crippen LogP contribution in [0.5, 0.6) is 5.75 Å². The molecule has 1 aliphatic rings. The van der Waals surface area contributed by atoms with Gasteiger partial charge in [0.1, 0.15) is 0 Å². The molecule has 1 aliphatic heterocycles. The van der Waals surface area contributed by atoms with E-state index in [2.05, 4.69) is 9.88 Å². The molecule has 7 nitrogen and oxygen atoms in total. The van der Waals surface area contributed by atoms with E-state index in [0.717, 1.165) is 5.69 Å². The number of benzene rings is 1. The minimum Gasteiger partial charge on any atom is -0.468 e. The van der Waals surface area contributed by atoms with Crippen molar-refractivity contribution in [2.24, 2.45) is 0 Å². The molecule has 1 aromatic heterocycles. The van der Waals surface area contributed by atoms with Crippen molar-refractivity contribution in [2.45, 2.75) is 13.0 Å². The van der Waals surface area contributed by atoms with Gasteiger partial charge in [0.15, 0.2) is 11.5 Å². The van der Waals surface area contributed by atoms with Crippen molar-refractivity contribution >= 4 is 40.6 Å². The standard InChI is InChI=1S/C19H19Cl2N3O4/c1-13(25)17(27-18-15(20)3-2-4-16(18)21)19(26)28-24-11-9-23(10-12-24)14-5-7-22-8-6-14/h2-8,17H,9-12H2,1H3. The summed E-state index contributed by atoms with van der Waals surface area (Å²) in [5.41, 5.74) is 1.05. The first-order chi connectivity index (χ1) is 13.5. The fourth-order valence-corrected chi connectivity index (χ4v) is 3.26. The lowest BCUT2D eigenvalue weighted by Gasteiger charge is -2.35. The second-order valence-corrected chi connectivity index (χ2v) is 7.01. The number of halogens is 2. The highest BCUT2D eigenvalue weighted by Gasteiger charge is 2.32. The number of hydrogen-bond donors (Lipinski definition) is 0. The van der Waals surface area contributed by atoms with Crippen LogP contribution in [-0.4, -0.2) is 54.1 Å². The number of pyridine rings is 1. The molecule has 0 N–H and O–H groups in total. The molecule has 1 atom stereocenters. The van der Waals surface area contributed by atoms with Crippen molar-refractivity contribution in [1.29, 1.82) is 0 Å². The van der Waals surface area contributed by atoms with E-state index >= 15 is 0 Å². The van der Waals surface area contributed by atoms with E-state index in [9.17, 15) is 9.59 Å². The zero-order valence-electron chi connectivity index (χ0n) is 15.2. The Hall–Kier alpha value is -2.35. The Morgan fingerprint density at radius 1 is 1.04 bits per heavy atom. The minimum absolute atomic E-state index is 0.0745. The largest absolute Gasteiger partial charge is 0.468 e. The third kappa shape index (κ3) is 4.92. The van der Waals surface area contributed by atoms with E-state index in [4.69, 9.17) is 32.8 Å². The van der Waals surface area contributed by atoms with Crippen LogP contribution in [0.1, 0.15) is 6.92 Å². The lowest BCUT2D eigenvalue weighted by molar-refractivity contribution is -0.199. The number of hydrogen-bond acceptors (Lipinski definition) is 7. The van der Waals surface area contributed by atoms with E-state index in [1.54, 1.807) is 30.6 Å². The highest BCUT2D eigenvalue weighted by Crippen LogP contribution is 2.33. The highest BCUT2D eigenvalue weighted by molar-refractivity contribution is 6.37. The number of anilines is 1. The molecular weight excluding hydrogens is 405 g/mol. The van der Waals surface area contributed by atoms with Crippen LogP contribution < -0.4 is 9.64 Å². The molecule has 3 rings (SSSR count). The van der Waals surface area contributed by atoms with Crippen LogP contribution in [0.2, 0.25) is 10.0 Å². The molecule has 0 aliphatic carbocycles. The number of aromatic nitrogens is 1. The molecule has 0 spiro atoms. The molecule has 28 heavy (non-hydrogen) atoms. The van der Waals surface area contributed by atoms with Crippen LogP contribution in [0.25, 0.3) is 0 Å². The predicted octanol–water partition coefficient (Wildman–Crippen LogP) is 3.01. The van der Waals surface area contributed by atoms with Crippen molar-refractivity contribution in [2.75, 3.05) is 31.1 Å². The van der Waals surface area contributed by atoms with Gasteiger partial charge in [0.25, 0.3) is 6.10 Å². The van der Waals surface area contributed by atoms with E-state index < -0.39 is 17.9 Å². The van der Waals surface area contributed by atoms with Gasteiger partial charge in [0.05, 0.1) is 23.1 Å². The number of nitrogens with zero attached hydrogens (tertiary/aromatic N) is 3. The molecule has 1 unspecified atom stereocenters. The number of Topliss-reactive ketones (excluding diaryl/α,β-unsaturated/α-hetero) is 1. The summed E-state index contributed by atoms with van der Waals surface area (Å²) in [5.74, 6) is -1.23. The average Bonchev–Trinajstić information content (AvgIpc) is 2.68. The fourth-order valence-electron chi connectivity index (χ4n) is 2.78. The smallest absolute Gasteiger partial charge is 0.374 e. The monoisotopic (exact) mass is 423 g/mol. The molecule has 2 aromatic rings. The Balaban J connectivity index is 1.60. The number of hydroxylamine groups is 2. The van der Waals surface area contributed by atoms with Crippen LogP contribution in [0.15, 0.2) is 42.7 Å². The maximum absolute atomic E-state index is 12.5. The van der Waals surface area contributed by atoms with Crippen LogP contribution in [0.3, 0.4) is 0 Å². The molecule has 1 aromatic carbocycles. The second kappa shape index (κ2) is 9.23. The van der Waals surface area contributed by atoms with Gasteiger partial charge < -0.3 is 14.5 Å². The van der Waals surface area contributed by atoms with Crippen LogP contribution in [0, 0.1) is 0 Å². The first-order valence-corrected chi connectivity index (χ1v) is 9.44. The van der Waals surface area contributed by atoms with Crippen molar-refractivity contribution in [3.05, 3.63) is 52.8 Å². The van der Waals surface area contributed by atoms with E-state index in [0.29, 0.717) is 26.2 Å². The van der Waals surface area contributed by atoms with E-state index in [1.165, 1.54) is 12.0 Å². The normalized spacial score (nSPS) is 15.8. The van der Waals surface area contributed by atoms with Gasteiger partial charge in [-0.2, -0.15) is 0 Å². The topological polar surface area (TPSA) is 72.0 Å². The van der Waals surface area contributed by atoms with Gasteiger partial charge in [-0.3, -0.25) is 9.78 Å². The van der Waals surface area contributed by atoms with Gasteiger partial charge in [0, 0.05) is 31.2 Å². The molecular formula is C19H19Cl2N3O4. The summed E-state index contributed by atoms with van der Waals surface area (Å²) in [6.07, 6.45) is 2.02. The average molecular weight is 424 g/mol. The van der Waals surface area contributed by atoms with Crippen molar-refractivity contribution in [3.8, 4) is 5.75 Å². The summed E-state index contributed by atoms with van der Waals surface area (Å²) in [4.78, 5) is 36.0. The second-order valence-electron chi connectivity index (χ2n) is 6.19. The Bertz CT molecular complexity index is 822. The summed E-state index contributed by atoms with van der Waals surface area (Å²) >= 11 is 12.1. The fraction of sp³-hybridized carbons (Fsp3) is 0.316. The Labute approximate surface area is 172 Å². The summed E-state index contributed by atoms with van der Waals surface area (Å²) in [6.45, 7) is 3.56. The van der Waals surface area contributed by atoms with Gasteiger partial charge in [0.2, 0.25) is 0 Å². The van der Waals surface area contributed by atoms with Gasteiger partial charge in [-0.05, 0) is 31.2 Å². The Morgan fingerprint density at radius 2 is 1.64 bits per heavy atom. The lowest BCUT2D eigenvalue weighted by Crippen LogP contribution is -2.49. The number of para-hydroxylation sites is 1. The molecule has 0 amide bonds. The summed E-state index contributed by atoms with van der Waals surface area (Å²) < 4.78 is 5.50. The summed E-state index contributed by atoms with van der Waals surface area (Å²) in [7, 11) is 0. The molecule has 9 heteroatoms. The number of ketones is 1. The molecule has 1 saturated heterocycles. The molecule has 148 valence electrons. The first kappa shape index (κ1) is 20.4. The van der Waals surface area contributed by atoms with Gasteiger partial charge in [-0.1, -0.05) is 29.3 Å². The number of carbonyl (C=O) groups is 2. The first-order valence-electron chi connectivity index (χ1n) is 8.68. The zero-order chi connectivity index (χ0) is 20.1. The summed E-state index contributed by atoms with van der Waals surface area (Å²) in [5, 5.41) is 1.93. The minimum atomic E-state index is -1.45. The molecule has 0 bridgehead atoms. The number of carbonyl (C=O) groups excluding carboxylic acids is 2. The van der Waals surface area contributed by atoms with E-state index in [1.807, 2.05) is 12.1 Å². The highest BCUT2D eigenvalue weighted by atomic mass is 35.5. The maximum atomic E-state index is 12.5. The number of piperazine rings is 1. The quantitative estimate of drug-likeness (QED) is 0.661. The van der Waals surface area contributed by atoms with Crippen molar-refractivity contribution in [1.82, 2.24) is 10.0 Å². The van der Waals surface area contributed by atoms with Crippen LogP contribution in [0.4, 0.5) is 5.69 Å². The number of ether oxygens (including phenoxy) is 1. The maximum Gasteiger partial charge on any atom is 0.374 e. The SMILES string of the molecule is CC(=O)C(Oc1c(Cl)cccc1Cl)C(=O)ON1CCN(c2ccncc2)CC1. The Kier molecular flexibility index (Phi) is 6.72.